The molecule has 0 N–H and O–H groups in total. The number of hydrogen-bond acceptors (Lipinski definition) is 4. The fourth-order valence-corrected chi connectivity index (χ4v) is 8.52. The van der Waals surface area contributed by atoms with Crippen LogP contribution in [-0.4, -0.2) is 30.2 Å². The Hall–Kier alpha value is -3.83. The van der Waals surface area contributed by atoms with Gasteiger partial charge in [-0.05, 0) is 60.1 Å². The van der Waals surface area contributed by atoms with Crippen LogP contribution in [0, 0.1) is 11.3 Å². The Labute approximate surface area is 267 Å². The zero-order valence-electron chi connectivity index (χ0n) is 26.3. The highest BCUT2D eigenvalue weighted by Gasteiger charge is 2.71. The molecule has 1 saturated carbocycles. The van der Waals surface area contributed by atoms with Crippen molar-refractivity contribution >= 4 is 5.78 Å². The number of carbonyl (C=O) groups excluding carboxylic acids is 1. The third-order valence-electron chi connectivity index (χ3n) is 10.7. The molecule has 7 rings (SSSR count). The maximum absolute atomic E-state index is 14.3. The van der Waals surface area contributed by atoms with Crippen LogP contribution in [0.4, 0.5) is 0 Å². The summed E-state index contributed by atoms with van der Waals surface area (Å²) in [7, 11) is 0. The van der Waals surface area contributed by atoms with Crippen LogP contribution in [0.1, 0.15) is 61.8 Å². The zero-order chi connectivity index (χ0) is 31.0. The molecule has 1 spiro atoms. The van der Waals surface area contributed by atoms with Crippen LogP contribution >= 0.6 is 0 Å². The highest BCUT2D eigenvalue weighted by atomic mass is 16.6. The van der Waals surface area contributed by atoms with Gasteiger partial charge in [-0.1, -0.05) is 135 Å². The fourth-order valence-electron chi connectivity index (χ4n) is 8.52. The van der Waals surface area contributed by atoms with Gasteiger partial charge in [0.1, 0.15) is 16.8 Å². The second-order valence-corrected chi connectivity index (χ2v) is 13.4. The van der Waals surface area contributed by atoms with Crippen molar-refractivity contribution in [2.45, 2.75) is 62.9 Å². The second-order valence-electron chi connectivity index (χ2n) is 13.4. The monoisotopic (exact) mass is 598 g/mol. The number of benzene rings is 4. The molecule has 4 heteroatoms. The largest absolute Gasteiger partial charge is 0.373 e. The molecule has 0 aromatic heterocycles. The fraction of sp³-hybridized carbons (Fsp3) is 0.341. The minimum Gasteiger partial charge on any atom is -0.373 e. The van der Waals surface area contributed by atoms with Crippen molar-refractivity contribution < 1.29 is 19.0 Å². The lowest BCUT2D eigenvalue weighted by Crippen LogP contribution is -2.61. The molecule has 2 aliphatic heterocycles. The molecular formula is C41H42O4. The maximum atomic E-state index is 14.3. The number of ketones is 1. The maximum Gasteiger partial charge on any atom is 0.188 e. The minimum absolute atomic E-state index is 0.0803. The highest BCUT2D eigenvalue weighted by Crippen LogP contribution is 2.64. The Kier molecular flexibility index (Phi) is 7.85. The van der Waals surface area contributed by atoms with Gasteiger partial charge in [-0.2, -0.15) is 0 Å². The lowest BCUT2D eigenvalue weighted by atomic mass is 9.57. The van der Waals surface area contributed by atoms with E-state index in [2.05, 4.69) is 91.9 Å². The van der Waals surface area contributed by atoms with Gasteiger partial charge in [-0.3, -0.25) is 4.79 Å². The Morgan fingerprint density at radius 1 is 0.800 bits per heavy atom. The highest BCUT2D eigenvalue weighted by molar-refractivity contribution is 6.00. The van der Waals surface area contributed by atoms with Gasteiger partial charge in [0.15, 0.2) is 5.78 Å². The molecule has 4 aromatic rings. The van der Waals surface area contributed by atoms with E-state index in [-0.39, 0.29) is 17.1 Å². The normalized spacial score (nSPS) is 27.6. The van der Waals surface area contributed by atoms with Crippen molar-refractivity contribution in [2.24, 2.45) is 11.3 Å². The van der Waals surface area contributed by atoms with Crippen molar-refractivity contribution in [3.8, 4) is 0 Å². The Morgan fingerprint density at radius 2 is 1.33 bits per heavy atom. The predicted octanol–water partition coefficient (Wildman–Crippen LogP) is 8.45. The number of rotatable bonds is 10. The van der Waals surface area contributed by atoms with E-state index < -0.39 is 16.8 Å². The molecule has 2 bridgehead atoms. The van der Waals surface area contributed by atoms with Crippen molar-refractivity contribution in [3.05, 3.63) is 155 Å². The van der Waals surface area contributed by atoms with Gasteiger partial charge in [-0.25, -0.2) is 0 Å². The van der Waals surface area contributed by atoms with Crippen LogP contribution in [-0.2, 0) is 31.2 Å². The molecular weight excluding hydrogens is 556 g/mol. The van der Waals surface area contributed by atoms with Crippen LogP contribution in [0.25, 0.3) is 0 Å². The van der Waals surface area contributed by atoms with Gasteiger partial charge in [-0.15, -0.1) is 0 Å². The Bertz CT molecular complexity index is 1550. The molecule has 1 aliphatic carbocycles. The first kappa shape index (κ1) is 29.9. The molecule has 3 aliphatic rings. The van der Waals surface area contributed by atoms with E-state index in [9.17, 15) is 4.79 Å². The average molecular weight is 599 g/mol. The average Bonchev–Trinajstić information content (AvgIpc) is 3.34. The van der Waals surface area contributed by atoms with Crippen molar-refractivity contribution in [2.75, 3.05) is 13.2 Å². The zero-order valence-corrected chi connectivity index (χ0v) is 26.3. The summed E-state index contributed by atoms with van der Waals surface area (Å²) >= 11 is 0. The van der Waals surface area contributed by atoms with Gasteiger partial charge in [0.05, 0.1) is 19.8 Å². The number of carbonyl (C=O) groups is 1. The minimum atomic E-state index is -0.962. The summed E-state index contributed by atoms with van der Waals surface area (Å²) in [5, 5.41) is 0. The van der Waals surface area contributed by atoms with E-state index in [4.69, 9.17) is 14.2 Å². The molecule has 45 heavy (non-hydrogen) atoms. The first-order chi connectivity index (χ1) is 21.9. The summed E-state index contributed by atoms with van der Waals surface area (Å²) in [5.74, 6) is -0.0312. The van der Waals surface area contributed by atoms with Crippen molar-refractivity contribution in [1.82, 2.24) is 0 Å². The second kappa shape index (κ2) is 11.8. The lowest BCUT2D eigenvalue weighted by molar-refractivity contribution is -0.199. The van der Waals surface area contributed by atoms with Crippen LogP contribution in [0.3, 0.4) is 0 Å². The Balaban J connectivity index is 1.25. The van der Waals surface area contributed by atoms with E-state index in [0.29, 0.717) is 19.8 Å². The molecule has 4 aromatic carbocycles. The van der Waals surface area contributed by atoms with Crippen LogP contribution in [0.5, 0.6) is 0 Å². The van der Waals surface area contributed by atoms with E-state index >= 15 is 0 Å². The Morgan fingerprint density at radius 3 is 1.89 bits per heavy atom. The number of hydrogen-bond donors (Lipinski definition) is 0. The van der Waals surface area contributed by atoms with E-state index in [0.717, 1.165) is 53.5 Å². The third kappa shape index (κ3) is 4.91. The van der Waals surface area contributed by atoms with Gasteiger partial charge in [0.2, 0.25) is 0 Å². The lowest BCUT2D eigenvalue weighted by Gasteiger charge is -2.51. The molecule has 2 heterocycles. The molecule has 1 saturated heterocycles. The number of ether oxygens (including phenoxy) is 3. The first-order valence-corrected chi connectivity index (χ1v) is 16.3. The summed E-state index contributed by atoms with van der Waals surface area (Å²) in [6, 6.07) is 41.6. The quantitative estimate of drug-likeness (QED) is 0.172. The van der Waals surface area contributed by atoms with Gasteiger partial charge >= 0.3 is 0 Å². The SMILES string of the molecule is CC1=CC(=O)[C@]23O[C@@]1(COCc1ccccc1)C[C@@]2(C)CCC[C@@H]3COC(c1ccccc1)(c1ccccc1)c1ccccc1. The first-order valence-electron chi connectivity index (χ1n) is 16.3. The van der Waals surface area contributed by atoms with E-state index in [1.807, 2.05) is 49.4 Å². The molecule has 2 fully saturated rings. The molecule has 4 atom stereocenters. The van der Waals surface area contributed by atoms with E-state index in [1.54, 1.807) is 0 Å². The van der Waals surface area contributed by atoms with Gasteiger partial charge in [0, 0.05) is 11.3 Å². The van der Waals surface area contributed by atoms with Crippen molar-refractivity contribution in [1.29, 1.82) is 0 Å². The molecule has 4 nitrogen and oxygen atoms in total. The smallest absolute Gasteiger partial charge is 0.188 e. The molecule has 230 valence electrons. The van der Waals surface area contributed by atoms with Crippen molar-refractivity contribution in [3.63, 3.8) is 0 Å². The number of fused-ring (bicyclic) bond motifs is 1. The molecule has 0 radical (unpaired) electrons. The summed E-state index contributed by atoms with van der Waals surface area (Å²) in [6.45, 7) is 5.62. The van der Waals surface area contributed by atoms with Crippen LogP contribution in [0.15, 0.2) is 133 Å². The van der Waals surface area contributed by atoms with Gasteiger partial charge in [0.25, 0.3) is 0 Å². The van der Waals surface area contributed by atoms with E-state index in [1.165, 1.54) is 0 Å². The van der Waals surface area contributed by atoms with Gasteiger partial charge < -0.3 is 14.2 Å². The van der Waals surface area contributed by atoms with Crippen LogP contribution < -0.4 is 0 Å². The summed E-state index contributed by atoms with van der Waals surface area (Å²) in [5.41, 5.74) is 2.49. The third-order valence-corrected chi connectivity index (χ3v) is 10.7. The standard InChI is InChI=1S/C41H42O4/c1-31-26-37(42)41-36(24-15-25-38(41,2)29-39(31,45-41)30-43-27-32-16-7-3-8-17-32)28-44-40(33-18-9-4-10-19-33,34-20-11-5-12-21-34)35-22-13-6-14-23-35/h3-14,16-23,26,36H,15,24-25,27-30H2,1-2H3/t36-,38-,39-,41+/m1/s1. The topological polar surface area (TPSA) is 44.8 Å². The van der Waals surface area contributed by atoms with Crippen LogP contribution in [0.2, 0.25) is 0 Å². The molecule has 0 unspecified atom stereocenters. The summed E-state index contributed by atoms with van der Waals surface area (Å²) in [6.07, 6.45) is 5.46. The summed E-state index contributed by atoms with van der Waals surface area (Å²) < 4.78 is 20.9. The predicted molar refractivity (Wildman–Crippen MR) is 177 cm³/mol. The molecule has 0 amide bonds. The summed E-state index contributed by atoms with van der Waals surface area (Å²) in [4.78, 5) is 14.3.